The van der Waals surface area contributed by atoms with Crippen molar-refractivity contribution in [2.45, 2.75) is 12.3 Å². The molecule has 0 radical (unpaired) electrons. The van der Waals surface area contributed by atoms with Crippen LogP contribution in [0.25, 0.3) is 16.6 Å². The van der Waals surface area contributed by atoms with Crippen molar-refractivity contribution < 1.29 is 19.1 Å². The summed E-state index contributed by atoms with van der Waals surface area (Å²) in [6.45, 7) is 0. The molecule has 0 bridgehead atoms. The van der Waals surface area contributed by atoms with Crippen molar-refractivity contribution in [2.24, 2.45) is 0 Å². The number of methoxy groups -OCH3 is 1. The van der Waals surface area contributed by atoms with Gasteiger partial charge in [0.1, 0.15) is 11.2 Å². The fourth-order valence-electron chi connectivity index (χ4n) is 3.35. The molecule has 8 heteroatoms. The summed E-state index contributed by atoms with van der Waals surface area (Å²) in [5.74, 6) is -2.30. The standard InChI is InChI=1S/C21H16N2O6/c1-28-17(24)10-13(14-11-29-15-7-3-2-6-12(15)19(14)25)18-20(26)22-16-8-4-5-9-23(16)21(18)27/h2-9,11,13,26H,10H2,1H3. The predicted octanol–water partition coefficient (Wildman–Crippen LogP) is 2.20. The van der Waals surface area contributed by atoms with E-state index in [2.05, 4.69) is 4.98 Å². The Morgan fingerprint density at radius 3 is 2.76 bits per heavy atom. The quantitative estimate of drug-likeness (QED) is 0.530. The molecule has 0 aliphatic heterocycles. The molecule has 0 saturated heterocycles. The van der Waals surface area contributed by atoms with Crippen molar-refractivity contribution in [3.63, 3.8) is 0 Å². The Morgan fingerprint density at radius 1 is 1.21 bits per heavy atom. The van der Waals surface area contributed by atoms with Crippen LogP contribution < -0.4 is 11.0 Å². The SMILES string of the molecule is COC(=O)CC(c1coc2ccccc2c1=O)c1c(O)nc2ccccn2c1=O. The van der Waals surface area contributed by atoms with E-state index in [4.69, 9.17) is 9.15 Å². The van der Waals surface area contributed by atoms with Crippen molar-refractivity contribution in [3.8, 4) is 5.88 Å². The molecule has 146 valence electrons. The largest absolute Gasteiger partial charge is 0.493 e. The van der Waals surface area contributed by atoms with Crippen LogP contribution >= 0.6 is 0 Å². The van der Waals surface area contributed by atoms with E-state index in [1.807, 2.05) is 0 Å². The second kappa shape index (κ2) is 7.23. The Hall–Kier alpha value is -3.94. The summed E-state index contributed by atoms with van der Waals surface area (Å²) in [7, 11) is 1.20. The number of esters is 1. The fraction of sp³-hybridized carbons (Fsp3) is 0.143. The minimum absolute atomic E-state index is 0.0548. The van der Waals surface area contributed by atoms with Gasteiger partial charge in [0.25, 0.3) is 5.56 Å². The molecule has 0 aliphatic carbocycles. The number of hydrogen-bond donors (Lipinski definition) is 1. The molecule has 29 heavy (non-hydrogen) atoms. The molecule has 1 N–H and O–H groups in total. The average Bonchev–Trinajstić information content (AvgIpc) is 2.73. The highest BCUT2D eigenvalue weighted by Gasteiger charge is 2.29. The lowest BCUT2D eigenvalue weighted by Gasteiger charge is -2.17. The highest BCUT2D eigenvalue weighted by Crippen LogP contribution is 2.30. The number of nitrogens with zero attached hydrogens (tertiary/aromatic N) is 2. The first-order chi connectivity index (χ1) is 14.0. The molecule has 8 nitrogen and oxygen atoms in total. The topological polar surface area (TPSA) is 111 Å². The van der Waals surface area contributed by atoms with Crippen molar-refractivity contribution >= 4 is 22.6 Å². The number of para-hydroxylation sites is 1. The highest BCUT2D eigenvalue weighted by atomic mass is 16.5. The lowest BCUT2D eigenvalue weighted by atomic mass is 9.90. The molecule has 3 heterocycles. The minimum atomic E-state index is -1.10. The Bertz CT molecular complexity index is 1350. The van der Waals surface area contributed by atoms with Gasteiger partial charge in [-0.25, -0.2) is 0 Å². The van der Waals surface area contributed by atoms with Crippen molar-refractivity contribution in [2.75, 3.05) is 7.11 Å². The summed E-state index contributed by atoms with van der Waals surface area (Å²) >= 11 is 0. The van der Waals surface area contributed by atoms with E-state index >= 15 is 0 Å². The summed E-state index contributed by atoms with van der Waals surface area (Å²) < 4.78 is 11.5. The molecular weight excluding hydrogens is 376 g/mol. The van der Waals surface area contributed by atoms with E-state index in [0.717, 1.165) is 0 Å². The second-order valence-electron chi connectivity index (χ2n) is 6.43. The Morgan fingerprint density at radius 2 is 1.97 bits per heavy atom. The number of carbonyl (C=O) groups is 1. The summed E-state index contributed by atoms with van der Waals surface area (Å²) in [5, 5.41) is 10.8. The van der Waals surface area contributed by atoms with Crippen LogP contribution in [0.5, 0.6) is 5.88 Å². The fourth-order valence-corrected chi connectivity index (χ4v) is 3.35. The van der Waals surface area contributed by atoms with Gasteiger partial charge in [0.2, 0.25) is 5.88 Å². The third kappa shape index (κ3) is 3.14. The summed E-state index contributed by atoms with van der Waals surface area (Å²) in [5.41, 5.74) is -0.509. The summed E-state index contributed by atoms with van der Waals surface area (Å²) in [4.78, 5) is 42.3. The molecule has 1 aromatic carbocycles. The first-order valence-corrected chi connectivity index (χ1v) is 8.78. The van der Waals surface area contributed by atoms with E-state index in [0.29, 0.717) is 11.0 Å². The maximum Gasteiger partial charge on any atom is 0.306 e. The average molecular weight is 392 g/mol. The molecule has 4 aromatic rings. The van der Waals surface area contributed by atoms with Gasteiger partial charge in [-0.15, -0.1) is 0 Å². The van der Waals surface area contributed by atoms with Gasteiger partial charge >= 0.3 is 5.97 Å². The van der Waals surface area contributed by atoms with Crippen LogP contribution in [-0.4, -0.2) is 27.6 Å². The lowest BCUT2D eigenvalue weighted by Crippen LogP contribution is -2.27. The van der Waals surface area contributed by atoms with Crippen LogP contribution in [0, 0.1) is 0 Å². The Labute approximate surface area is 163 Å². The van der Waals surface area contributed by atoms with Crippen LogP contribution in [0.1, 0.15) is 23.5 Å². The summed E-state index contributed by atoms with van der Waals surface area (Å²) in [6.07, 6.45) is 2.35. The molecule has 0 spiro atoms. The number of ether oxygens (including phenoxy) is 1. The Balaban J connectivity index is 2.01. The van der Waals surface area contributed by atoms with Gasteiger partial charge < -0.3 is 14.3 Å². The number of carbonyl (C=O) groups excluding carboxylic acids is 1. The van der Waals surface area contributed by atoms with Crippen LogP contribution in [0.2, 0.25) is 0 Å². The van der Waals surface area contributed by atoms with E-state index in [9.17, 15) is 19.5 Å². The molecule has 0 fully saturated rings. The predicted molar refractivity (Wildman–Crippen MR) is 104 cm³/mol. The van der Waals surface area contributed by atoms with Crippen molar-refractivity contribution in [3.05, 3.63) is 86.6 Å². The minimum Gasteiger partial charge on any atom is -0.493 e. The van der Waals surface area contributed by atoms with Gasteiger partial charge in [-0.2, -0.15) is 4.98 Å². The number of aromatic nitrogens is 2. The third-order valence-electron chi connectivity index (χ3n) is 4.78. The molecular formula is C21H16N2O6. The van der Waals surface area contributed by atoms with E-state index < -0.39 is 28.8 Å². The molecule has 4 rings (SSSR count). The first kappa shape index (κ1) is 18.4. The maximum atomic E-state index is 13.1. The number of fused-ring (bicyclic) bond motifs is 2. The smallest absolute Gasteiger partial charge is 0.306 e. The molecule has 1 atom stereocenters. The van der Waals surface area contributed by atoms with E-state index in [1.165, 1.54) is 24.0 Å². The number of aromatic hydroxyl groups is 1. The van der Waals surface area contributed by atoms with Crippen LogP contribution in [-0.2, 0) is 9.53 Å². The summed E-state index contributed by atoms with van der Waals surface area (Å²) in [6, 6.07) is 11.5. The van der Waals surface area contributed by atoms with Crippen LogP contribution in [0.4, 0.5) is 0 Å². The maximum absolute atomic E-state index is 13.1. The lowest BCUT2D eigenvalue weighted by molar-refractivity contribution is -0.140. The van der Waals surface area contributed by atoms with Crippen LogP contribution in [0.3, 0.4) is 0 Å². The molecule has 0 amide bonds. The highest BCUT2D eigenvalue weighted by molar-refractivity contribution is 5.77. The first-order valence-electron chi connectivity index (χ1n) is 8.78. The van der Waals surface area contributed by atoms with Gasteiger partial charge in [-0.1, -0.05) is 18.2 Å². The molecule has 0 aliphatic rings. The van der Waals surface area contributed by atoms with Crippen molar-refractivity contribution in [1.82, 2.24) is 9.38 Å². The molecule has 1 unspecified atom stereocenters. The van der Waals surface area contributed by atoms with Gasteiger partial charge in [-0.05, 0) is 24.3 Å². The normalized spacial score (nSPS) is 12.2. The molecule has 0 saturated carbocycles. The van der Waals surface area contributed by atoms with Crippen LogP contribution in [0.15, 0.2) is 68.9 Å². The third-order valence-corrected chi connectivity index (χ3v) is 4.78. The number of pyridine rings is 1. The second-order valence-corrected chi connectivity index (χ2v) is 6.43. The Kier molecular flexibility index (Phi) is 4.59. The number of benzene rings is 1. The van der Waals surface area contributed by atoms with E-state index in [-0.39, 0.29) is 23.2 Å². The zero-order valence-corrected chi connectivity index (χ0v) is 15.4. The van der Waals surface area contributed by atoms with Gasteiger partial charge in [-0.3, -0.25) is 18.8 Å². The van der Waals surface area contributed by atoms with Gasteiger partial charge in [0.05, 0.1) is 30.7 Å². The zero-order chi connectivity index (χ0) is 20.5. The number of hydrogen-bond acceptors (Lipinski definition) is 7. The zero-order valence-electron chi connectivity index (χ0n) is 15.4. The van der Waals surface area contributed by atoms with Gasteiger partial charge in [0.15, 0.2) is 5.43 Å². The monoisotopic (exact) mass is 392 g/mol. The molecule has 3 aromatic heterocycles. The number of rotatable bonds is 4. The van der Waals surface area contributed by atoms with E-state index in [1.54, 1.807) is 42.5 Å². The van der Waals surface area contributed by atoms with Gasteiger partial charge in [0, 0.05) is 17.7 Å². The van der Waals surface area contributed by atoms with Crippen molar-refractivity contribution in [1.29, 1.82) is 0 Å².